The molecule has 4 aromatic rings. The highest BCUT2D eigenvalue weighted by molar-refractivity contribution is 9.10. The number of hydrogen-bond donors (Lipinski definition) is 2. The van der Waals surface area contributed by atoms with Crippen molar-refractivity contribution >= 4 is 48.9 Å². The number of halogens is 2. The topological polar surface area (TPSA) is 83.6 Å². The number of thiophene rings is 1. The Bertz CT molecular complexity index is 1100. The number of fused-ring (bicyclic) bond motifs is 1. The Morgan fingerprint density at radius 1 is 1.35 bits per heavy atom. The largest absolute Gasteiger partial charge is 0.317 e. The fourth-order valence-electron chi connectivity index (χ4n) is 2.69. The van der Waals surface area contributed by atoms with Crippen molar-refractivity contribution in [3.8, 4) is 11.4 Å². The summed E-state index contributed by atoms with van der Waals surface area (Å²) in [7, 11) is 0. The summed E-state index contributed by atoms with van der Waals surface area (Å²) in [5.41, 5.74) is 1.06. The molecule has 0 fully saturated rings. The molecule has 3 aromatic heterocycles. The second-order valence-corrected chi connectivity index (χ2v) is 7.20. The molecule has 0 atom stereocenters. The number of H-pyrrole nitrogens is 1. The summed E-state index contributed by atoms with van der Waals surface area (Å²) < 4.78 is 15.1. The monoisotopic (exact) mass is 431 g/mol. The minimum Gasteiger partial charge on any atom is -0.317 e. The van der Waals surface area contributed by atoms with Crippen LogP contribution < -0.4 is 5.32 Å². The van der Waals surface area contributed by atoms with Gasteiger partial charge in [0.05, 0.1) is 12.0 Å². The zero-order valence-electron chi connectivity index (χ0n) is 13.2. The van der Waals surface area contributed by atoms with Crippen LogP contribution in [0.25, 0.3) is 22.2 Å². The predicted octanol–water partition coefficient (Wildman–Crippen LogP) is 4.16. The predicted molar refractivity (Wildman–Crippen MR) is 101 cm³/mol. The second-order valence-electron chi connectivity index (χ2n) is 5.47. The van der Waals surface area contributed by atoms with Gasteiger partial charge in [0.2, 0.25) is 5.91 Å². The quantitative estimate of drug-likeness (QED) is 0.507. The molecule has 6 nitrogen and oxygen atoms in total. The van der Waals surface area contributed by atoms with Gasteiger partial charge in [0.15, 0.2) is 5.82 Å². The van der Waals surface area contributed by atoms with E-state index in [-0.39, 0.29) is 12.3 Å². The van der Waals surface area contributed by atoms with Gasteiger partial charge in [0.25, 0.3) is 0 Å². The highest BCUT2D eigenvalue weighted by Gasteiger charge is 2.18. The number of rotatable bonds is 4. The summed E-state index contributed by atoms with van der Waals surface area (Å²) in [4.78, 5) is 20.7. The molecule has 4 rings (SSSR count). The van der Waals surface area contributed by atoms with Crippen LogP contribution in [-0.2, 0) is 11.2 Å². The number of nitrogens with zero attached hydrogens (tertiary/aromatic N) is 3. The maximum Gasteiger partial charge on any atom is 0.229 e. The molecule has 3 heterocycles. The molecule has 0 bridgehead atoms. The summed E-state index contributed by atoms with van der Waals surface area (Å²) in [6.45, 7) is 0. The Morgan fingerprint density at radius 2 is 2.23 bits per heavy atom. The van der Waals surface area contributed by atoms with Crippen LogP contribution in [0.2, 0.25) is 0 Å². The van der Waals surface area contributed by atoms with E-state index in [1.165, 1.54) is 23.7 Å². The van der Waals surface area contributed by atoms with Crippen LogP contribution in [0.1, 0.15) is 5.56 Å². The minimum absolute atomic E-state index is 0.0848. The average molecular weight is 432 g/mol. The van der Waals surface area contributed by atoms with Gasteiger partial charge < -0.3 is 5.32 Å². The molecular weight excluding hydrogens is 421 g/mol. The average Bonchev–Trinajstić information content (AvgIpc) is 3.27. The molecule has 0 spiro atoms. The lowest BCUT2D eigenvalue weighted by molar-refractivity contribution is -0.115. The lowest BCUT2D eigenvalue weighted by atomic mass is 10.0. The van der Waals surface area contributed by atoms with Crippen molar-refractivity contribution in [3.63, 3.8) is 0 Å². The van der Waals surface area contributed by atoms with Crippen molar-refractivity contribution in [2.75, 3.05) is 5.32 Å². The summed E-state index contributed by atoms with van der Waals surface area (Å²) in [5, 5.41) is 13.4. The van der Waals surface area contributed by atoms with Crippen LogP contribution in [0, 0.1) is 5.82 Å². The molecule has 0 radical (unpaired) electrons. The molecule has 1 aromatic carbocycles. The molecule has 0 aliphatic heterocycles. The van der Waals surface area contributed by atoms with Crippen LogP contribution in [0.3, 0.4) is 0 Å². The first-order chi connectivity index (χ1) is 12.6. The Kier molecular flexibility index (Phi) is 4.48. The number of pyridine rings is 1. The highest BCUT2D eigenvalue weighted by atomic mass is 79.9. The molecule has 0 aliphatic carbocycles. The number of anilines is 1. The Morgan fingerprint density at radius 3 is 3.04 bits per heavy atom. The first-order valence-electron chi connectivity index (χ1n) is 7.57. The molecule has 9 heteroatoms. The summed E-state index contributed by atoms with van der Waals surface area (Å²) in [6.07, 6.45) is 4.54. The zero-order chi connectivity index (χ0) is 18.1. The third kappa shape index (κ3) is 3.11. The van der Waals surface area contributed by atoms with E-state index in [4.69, 9.17) is 0 Å². The second kappa shape index (κ2) is 6.93. The molecular formula is C17H11BrFN5OS. The summed E-state index contributed by atoms with van der Waals surface area (Å²) >= 11 is 4.79. The molecule has 26 heavy (non-hydrogen) atoms. The summed E-state index contributed by atoms with van der Waals surface area (Å²) in [5.74, 6) is -0.194. The number of aromatic nitrogens is 4. The van der Waals surface area contributed by atoms with E-state index in [9.17, 15) is 9.18 Å². The third-order valence-corrected chi connectivity index (χ3v) is 5.69. The van der Waals surface area contributed by atoms with Crippen LogP contribution in [0.4, 0.5) is 9.39 Å². The van der Waals surface area contributed by atoms with Crippen LogP contribution in [0.5, 0.6) is 0 Å². The van der Waals surface area contributed by atoms with Crippen molar-refractivity contribution in [2.24, 2.45) is 0 Å². The van der Waals surface area contributed by atoms with Gasteiger partial charge in [-0.3, -0.25) is 14.9 Å². The van der Waals surface area contributed by atoms with Crippen molar-refractivity contribution in [1.29, 1.82) is 0 Å². The molecule has 0 aliphatic rings. The lowest BCUT2D eigenvalue weighted by Gasteiger charge is -2.09. The molecule has 0 saturated carbocycles. The van der Waals surface area contributed by atoms with E-state index in [1.807, 2.05) is 5.38 Å². The van der Waals surface area contributed by atoms with Gasteiger partial charge in [-0.15, -0.1) is 11.3 Å². The van der Waals surface area contributed by atoms with Gasteiger partial charge in [-0.1, -0.05) is 0 Å². The maximum absolute atomic E-state index is 14.3. The number of hydrogen-bond acceptors (Lipinski definition) is 5. The van der Waals surface area contributed by atoms with Gasteiger partial charge >= 0.3 is 0 Å². The molecule has 130 valence electrons. The standard InChI is InChI=1S/C17H11BrFN5OS/c18-12-7-26-17(15(12)16-21-8-22-24-16)23-14(25)5-11-10-3-4-20-6-9(10)1-2-13(11)19/h1-4,6-8H,5H2,(H,23,25)(H,21,22,24). The molecule has 0 saturated heterocycles. The Labute approximate surface area is 159 Å². The van der Waals surface area contributed by atoms with Gasteiger partial charge in [-0.05, 0) is 39.5 Å². The van der Waals surface area contributed by atoms with Gasteiger partial charge in [-0.2, -0.15) is 5.10 Å². The van der Waals surface area contributed by atoms with E-state index in [2.05, 4.69) is 41.4 Å². The van der Waals surface area contributed by atoms with E-state index in [0.29, 0.717) is 27.3 Å². The SMILES string of the molecule is O=C(Cc1c(F)ccc2cnccc12)Nc1scc(Br)c1-c1ncn[nH]1. The fraction of sp³-hybridized carbons (Fsp3) is 0.0588. The van der Waals surface area contributed by atoms with Crippen LogP contribution >= 0.6 is 27.3 Å². The van der Waals surface area contributed by atoms with Crippen molar-refractivity contribution in [1.82, 2.24) is 20.2 Å². The number of benzene rings is 1. The van der Waals surface area contributed by atoms with Gasteiger partial charge in [0.1, 0.15) is 17.1 Å². The normalized spacial score (nSPS) is 11.0. The number of amides is 1. The molecule has 0 unspecified atom stereocenters. The van der Waals surface area contributed by atoms with E-state index in [1.54, 1.807) is 24.5 Å². The number of aromatic amines is 1. The Balaban J connectivity index is 1.63. The zero-order valence-corrected chi connectivity index (χ0v) is 15.6. The third-order valence-electron chi connectivity index (χ3n) is 3.86. The van der Waals surface area contributed by atoms with Crippen molar-refractivity contribution in [3.05, 3.63) is 58.2 Å². The fourth-order valence-corrected chi connectivity index (χ4v) is 4.33. The first-order valence-corrected chi connectivity index (χ1v) is 9.24. The minimum atomic E-state index is -0.415. The first kappa shape index (κ1) is 16.8. The van der Waals surface area contributed by atoms with Gasteiger partial charge in [0, 0.05) is 33.2 Å². The van der Waals surface area contributed by atoms with Gasteiger partial charge in [-0.25, -0.2) is 9.37 Å². The van der Waals surface area contributed by atoms with E-state index >= 15 is 0 Å². The number of nitrogens with one attached hydrogen (secondary N) is 2. The van der Waals surface area contributed by atoms with Crippen molar-refractivity contribution < 1.29 is 9.18 Å². The molecule has 1 amide bonds. The van der Waals surface area contributed by atoms with Crippen molar-refractivity contribution in [2.45, 2.75) is 6.42 Å². The number of carbonyl (C=O) groups excluding carboxylic acids is 1. The highest BCUT2D eigenvalue weighted by Crippen LogP contribution is 2.38. The maximum atomic E-state index is 14.3. The smallest absolute Gasteiger partial charge is 0.229 e. The summed E-state index contributed by atoms with van der Waals surface area (Å²) in [6, 6.07) is 4.72. The lowest BCUT2D eigenvalue weighted by Crippen LogP contribution is -2.15. The number of carbonyl (C=O) groups is 1. The van der Waals surface area contributed by atoms with Crippen LogP contribution in [0.15, 0.2) is 46.8 Å². The Hall–Kier alpha value is -2.65. The van der Waals surface area contributed by atoms with Crippen LogP contribution in [-0.4, -0.2) is 26.1 Å². The van der Waals surface area contributed by atoms with E-state index < -0.39 is 5.82 Å². The van der Waals surface area contributed by atoms with E-state index in [0.717, 1.165) is 9.86 Å². The molecule has 2 N–H and O–H groups in total.